The molecule has 0 aliphatic heterocycles. The highest BCUT2D eigenvalue weighted by atomic mass is 32.2. The van der Waals surface area contributed by atoms with Gasteiger partial charge in [-0.15, -0.1) is 0 Å². The van der Waals surface area contributed by atoms with Crippen molar-refractivity contribution in [1.82, 2.24) is 4.98 Å². The summed E-state index contributed by atoms with van der Waals surface area (Å²) in [7, 11) is -3.68. The van der Waals surface area contributed by atoms with Gasteiger partial charge in [-0.1, -0.05) is 12.1 Å². The van der Waals surface area contributed by atoms with Gasteiger partial charge in [0.05, 0.1) is 11.4 Å². The molecule has 0 saturated carbocycles. The number of aryl methyl sites for hydroxylation is 1. The van der Waals surface area contributed by atoms with E-state index in [-0.39, 0.29) is 10.6 Å². The van der Waals surface area contributed by atoms with Crippen LogP contribution in [-0.4, -0.2) is 13.4 Å². The van der Waals surface area contributed by atoms with E-state index in [1.807, 2.05) is 0 Å². The summed E-state index contributed by atoms with van der Waals surface area (Å²) in [5, 5.41) is 0. The molecule has 0 fully saturated rings. The first-order valence-electron chi connectivity index (χ1n) is 5.28. The zero-order chi connectivity index (χ0) is 13.2. The van der Waals surface area contributed by atoms with E-state index in [0.717, 1.165) is 0 Å². The number of nitrogens with two attached hydrogens (primary N) is 1. The van der Waals surface area contributed by atoms with Gasteiger partial charge in [0.15, 0.2) is 0 Å². The van der Waals surface area contributed by atoms with Crippen molar-refractivity contribution in [2.45, 2.75) is 11.8 Å². The van der Waals surface area contributed by atoms with Gasteiger partial charge in [-0.25, -0.2) is 8.42 Å². The summed E-state index contributed by atoms with van der Waals surface area (Å²) in [5.41, 5.74) is 7.02. The Morgan fingerprint density at radius 1 is 1.17 bits per heavy atom. The van der Waals surface area contributed by atoms with Gasteiger partial charge in [0.1, 0.15) is 4.90 Å². The average molecular weight is 263 g/mol. The summed E-state index contributed by atoms with van der Waals surface area (Å²) >= 11 is 0. The Hall–Kier alpha value is -2.08. The van der Waals surface area contributed by atoms with Crippen molar-refractivity contribution in [2.24, 2.45) is 0 Å². The number of benzene rings is 1. The molecule has 1 heterocycles. The van der Waals surface area contributed by atoms with Crippen LogP contribution >= 0.6 is 0 Å². The van der Waals surface area contributed by atoms with E-state index in [1.165, 1.54) is 12.4 Å². The van der Waals surface area contributed by atoms with E-state index in [9.17, 15) is 8.42 Å². The molecule has 1 aromatic carbocycles. The lowest BCUT2D eigenvalue weighted by Gasteiger charge is -2.12. The summed E-state index contributed by atoms with van der Waals surface area (Å²) in [6.45, 7) is 1.71. The Morgan fingerprint density at radius 3 is 2.44 bits per heavy atom. The Morgan fingerprint density at radius 2 is 1.83 bits per heavy atom. The molecule has 5 nitrogen and oxygen atoms in total. The van der Waals surface area contributed by atoms with Crippen LogP contribution in [0.2, 0.25) is 0 Å². The number of rotatable bonds is 3. The standard InChI is InChI=1S/C12H13N3O2S/c1-9-3-2-4-11(13)12(9)18(16,17)15-10-5-7-14-8-6-10/h2-8H,13H2,1H3,(H,14,15). The molecule has 0 amide bonds. The van der Waals surface area contributed by atoms with Crippen molar-refractivity contribution in [3.8, 4) is 0 Å². The quantitative estimate of drug-likeness (QED) is 0.826. The molecular weight excluding hydrogens is 250 g/mol. The molecule has 3 N–H and O–H groups in total. The lowest BCUT2D eigenvalue weighted by molar-refractivity contribution is 0.601. The molecule has 0 aliphatic rings. The Balaban J connectivity index is 2.44. The number of hydrogen-bond donors (Lipinski definition) is 2. The number of hydrogen-bond acceptors (Lipinski definition) is 4. The molecule has 0 spiro atoms. The second-order valence-electron chi connectivity index (χ2n) is 3.83. The fraction of sp³-hybridized carbons (Fsp3) is 0.0833. The highest BCUT2D eigenvalue weighted by Gasteiger charge is 2.19. The number of anilines is 2. The minimum Gasteiger partial charge on any atom is -0.398 e. The van der Waals surface area contributed by atoms with Crippen molar-refractivity contribution in [2.75, 3.05) is 10.5 Å². The zero-order valence-electron chi connectivity index (χ0n) is 9.79. The maximum Gasteiger partial charge on any atom is 0.264 e. The average Bonchev–Trinajstić information content (AvgIpc) is 2.28. The molecule has 6 heteroatoms. The van der Waals surface area contributed by atoms with Gasteiger partial charge < -0.3 is 5.73 Å². The van der Waals surface area contributed by atoms with Crippen molar-refractivity contribution in [3.05, 3.63) is 48.3 Å². The molecule has 0 atom stereocenters. The Labute approximate surface area is 106 Å². The third-order valence-corrected chi connectivity index (χ3v) is 4.04. The summed E-state index contributed by atoms with van der Waals surface area (Å²) in [6, 6.07) is 8.14. The monoisotopic (exact) mass is 263 g/mol. The highest BCUT2D eigenvalue weighted by Crippen LogP contribution is 2.24. The minimum absolute atomic E-state index is 0.113. The van der Waals surface area contributed by atoms with Crippen LogP contribution in [0, 0.1) is 6.92 Å². The molecule has 1 aromatic heterocycles. The number of aromatic nitrogens is 1. The SMILES string of the molecule is Cc1cccc(N)c1S(=O)(=O)Nc1ccncc1. The van der Waals surface area contributed by atoms with Gasteiger partial charge >= 0.3 is 0 Å². The topological polar surface area (TPSA) is 85.1 Å². The van der Waals surface area contributed by atoms with Crippen LogP contribution in [0.4, 0.5) is 11.4 Å². The molecule has 0 saturated heterocycles. The first-order chi connectivity index (χ1) is 8.50. The maximum atomic E-state index is 12.2. The van der Waals surface area contributed by atoms with Crippen molar-refractivity contribution in [1.29, 1.82) is 0 Å². The van der Waals surface area contributed by atoms with Gasteiger partial charge in [-0.3, -0.25) is 9.71 Å². The van der Waals surface area contributed by atoms with Gasteiger partial charge in [-0.2, -0.15) is 0 Å². The highest BCUT2D eigenvalue weighted by molar-refractivity contribution is 7.93. The molecule has 0 aliphatic carbocycles. The largest absolute Gasteiger partial charge is 0.398 e. The summed E-state index contributed by atoms with van der Waals surface area (Å²) < 4.78 is 26.9. The number of nitrogen functional groups attached to an aromatic ring is 1. The second kappa shape index (κ2) is 4.66. The van der Waals surface area contributed by atoms with E-state index >= 15 is 0 Å². The zero-order valence-corrected chi connectivity index (χ0v) is 10.6. The molecule has 18 heavy (non-hydrogen) atoms. The van der Waals surface area contributed by atoms with Gasteiger partial charge in [0.25, 0.3) is 10.0 Å². The molecule has 0 radical (unpaired) electrons. The van der Waals surface area contributed by atoms with Crippen LogP contribution in [0.15, 0.2) is 47.6 Å². The number of nitrogens with zero attached hydrogens (tertiary/aromatic N) is 1. The van der Waals surface area contributed by atoms with E-state index in [1.54, 1.807) is 37.3 Å². The van der Waals surface area contributed by atoms with Gasteiger partial charge in [0, 0.05) is 12.4 Å². The second-order valence-corrected chi connectivity index (χ2v) is 5.45. The molecule has 2 aromatic rings. The first-order valence-corrected chi connectivity index (χ1v) is 6.77. The van der Waals surface area contributed by atoms with E-state index < -0.39 is 10.0 Å². The van der Waals surface area contributed by atoms with Crippen LogP contribution in [0.1, 0.15) is 5.56 Å². The fourth-order valence-corrected chi connectivity index (χ4v) is 3.09. The molecular formula is C12H13N3O2S. The van der Waals surface area contributed by atoms with Crippen molar-refractivity contribution < 1.29 is 8.42 Å². The Bertz CT molecular complexity index is 634. The van der Waals surface area contributed by atoms with Crippen molar-refractivity contribution >= 4 is 21.4 Å². The third-order valence-electron chi connectivity index (χ3n) is 2.44. The van der Waals surface area contributed by atoms with E-state index in [0.29, 0.717) is 11.3 Å². The van der Waals surface area contributed by atoms with Gasteiger partial charge in [0.2, 0.25) is 0 Å². The van der Waals surface area contributed by atoms with E-state index in [4.69, 9.17) is 5.73 Å². The number of pyridine rings is 1. The predicted molar refractivity (Wildman–Crippen MR) is 70.6 cm³/mol. The summed E-state index contributed by atoms with van der Waals surface area (Å²) in [4.78, 5) is 3.94. The van der Waals surface area contributed by atoms with Crippen LogP contribution in [0.25, 0.3) is 0 Å². The molecule has 0 unspecified atom stereocenters. The minimum atomic E-state index is -3.68. The third kappa shape index (κ3) is 2.43. The Kier molecular flexibility index (Phi) is 3.20. The normalized spacial score (nSPS) is 11.2. The van der Waals surface area contributed by atoms with Crippen LogP contribution < -0.4 is 10.5 Å². The molecule has 94 valence electrons. The lowest BCUT2D eigenvalue weighted by atomic mass is 10.2. The van der Waals surface area contributed by atoms with Crippen LogP contribution in [0.3, 0.4) is 0 Å². The first kappa shape index (κ1) is 12.4. The summed E-state index contributed by atoms with van der Waals surface area (Å²) in [6.07, 6.45) is 3.03. The molecule has 2 rings (SSSR count). The predicted octanol–water partition coefficient (Wildman–Crippen LogP) is 1.77. The smallest absolute Gasteiger partial charge is 0.264 e. The molecule has 0 bridgehead atoms. The van der Waals surface area contributed by atoms with Gasteiger partial charge in [-0.05, 0) is 30.7 Å². The maximum absolute atomic E-state index is 12.2. The van der Waals surface area contributed by atoms with E-state index in [2.05, 4.69) is 9.71 Å². The fourth-order valence-electron chi connectivity index (χ4n) is 1.67. The van der Waals surface area contributed by atoms with Crippen LogP contribution in [-0.2, 0) is 10.0 Å². The number of nitrogens with one attached hydrogen (secondary N) is 1. The lowest BCUT2D eigenvalue weighted by Crippen LogP contribution is -2.16. The summed E-state index contributed by atoms with van der Waals surface area (Å²) in [5.74, 6) is 0. The van der Waals surface area contributed by atoms with Crippen molar-refractivity contribution in [3.63, 3.8) is 0 Å². The van der Waals surface area contributed by atoms with Crippen LogP contribution in [0.5, 0.6) is 0 Å². The number of sulfonamides is 1.